The standard InChI is InChI=1S/C23H27NO8/c1-5-6-12-15(30-3)16(25)17-13(2)18(26)22(32-17)20(28)23(31-4,24-21(22)29)19(27)14-10-8-7-9-11-14/h6-12,15-16,20,25,28H,5H2,1-4H3,(H,24,29)/b12-6-/t15-,16-,20+,22+,23+/m0/s1. The fraction of sp³-hybridized carbons (Fsp3) is 0.435. The maximum absolute atomic E-state index is 13.2. The van der Waals surface area contributed by atoms with E-state index in [1.807, 2.05) is 6.92 Å². The van der Waals surface area contributed by atoms with Crippen LogP contribution in [0.5, 0.6) is 0 Å². The van der Waals surface area contributed by atoms with Crippen LogP contribution >= 0.6 is 0 Å². The summed E-state index contributed by atoms with van der Waals surface area (Å²) in [5.41, 5.74) is -4.63. The van der Waals surface area contributed by atoms with Crippen LogP contribution in [0, 0.1) is 0 Å². The van der Waals surface area contributed by atoms with Crippen LogP contribution in [0.3, 0.4) is 0 Å². The molecule has 0 radical (unpaired) electrons. The van der Waals surface area contributed by atoms with Crippen molar-refractivity contribution in [3.05, 3.63) is 59.4 Å². The molecule has 172 valence electrons. The molecular weight excluding hydrogens is 418 g/mol. The van der Waals surface area contributed by atoms with Gasteiger partial charge in [-0.05, 0) is 13.3 Å². The van der Waals surface area contributed by atoms with Gasteiger partial charge in [-0.3, -0.25) is 14.4 Å². The summed E-state index contributed by atoms with van der Waals surface area (Å²) in [6, 6.07) is 7.91. The first-order chi connectivity index (χ1) is 15.2. The van der Waals surface area contributed by atoms with Gasteiger partial charge < -0.3 is 29.7 Å². The van der Waals surface area contributed by atoms with E-state index in [1.54, 1.807) is 30.4 Å². The van der Waals surface area contributed by atoms with Gasteiger partial charge in [0.25, 0.3) is 11.5 Å². The second kappa shape index (κ2) is 8.95. The topological polar surface area (TPSA) is 131 Å². The van der Waals surface area contributed by atoms with Crippen molar-refractivity contribution in [3.63, 3.8) is 0 Å². The minimum atomic E-state index is -2.48. The van der Waals surface area contributed by atoms with Crippen molar-refractivity contribution >= 4 is 17.5 Å². The number of rotatable bonds is 8. The molecule has 2 heterocycles. The summed E-state index contributed by atoms with van der Waals surface area (Å²) < 4.78 is 16.3. The lowest BCUT2D eigenvalue weighted by Gasteiger charge is -2.32. The summed E-state index contributed by atoms with van der Waals surface area (Å²) >= 11 is 0. The van der Waals surface area contributed by atoms with E-state index in [2.05, 4.69) is 5.32 Å². The Kier molecular flexibility index (Phi) is 6.66. The Labute approximate surface area is 185 Å². The number of carbonyl (C=O) groups excluding carboxylic acids is 3. The number of hydrogen-bond acceptors (Lipinski definition) is 8. The van der Waals surface area contributed by atoms with Crippen LogP contribution in [-0.4, -0.2) is 71.5 Å². The second-order valence-electron chi connectivity index (χ2n) is 7.63. The zero-order valence-corrected chi connectivity index (χ0v) is 18.3. The van der Waals surface area contributed by atoms with E-state index in [1.165, 1.54) is 26.2 Å². The minimum Gasteiger partial charge on any atom is -0.467 e. The zero-order chi connectivity index (χ0) is 23.7. The molecule has 1 fully saturated rings. The molecule has 2 aliphatic heterocycles. The normalized spacial score (nSPS) is 29.5. The third-order valence-electron chi connectivity index (χ3n) is 5.83. The third kappa shape index (κ3) is 3.38. The van der Waals surface area contributed by atoms with Crippen molar-refractivity contribution in [2.75, 3.05) is 14.2 Å². The molecule has 1 aromatic rings. The quantitative estimate of drug-likeness (QED) is 0.302. The van der Waals surface area contributed by atoms with E-state index in [0.717, 1.165) is 7.11 Å². The van der Waals surface area contributed by atoms with E-state index >= 15 is 0 Å². The number of allylic oxidation sites excluding steroid dienone is 1. The van der Waals surface area contributed by atoms with Crippen LogP contribution in [0.4, 0.5) is 0 Å². The molecule has 0 aromatic heterocycles. The van der Waals surface area contributed by atoms with E-state index in [-0.39, 0.29) is 16.9 Å². The molecule has 9 heteroatoms. The number of benzene rings is 1. The van der Waals surface area contributed by atoms with Crippen molar-refractivity contribution in [1.82, 2.24) is 5.32 Å². The van der Waals surface area contributed by atoms with Gasteiger partial charge >= 0.3 is 0 Å². The predicted molar refractivity (Wildman–Crippen MR) is 112 cm³/mol. The van der Waals surface area contributed by atoms with Crippen LogP contribution in [-0.2, 0) is 23.8 Å². The highest BCUT2D eigenvalue weighted by atomic mass is 16.6. The number of amides is 1. The highest BCUT2D eigenvalue weighted by Gasteiger charge is 2.74. The molecule has 3 rings (SSSR count). The van der Waals surface area contributed by atoms with Crippen LogP contribution in [0.15, 0.2) is 53.8 Å². The molecule has 0 bridgehead atoms. The molecule has 9 nitrogen and oxygen atoms in total. The molecule has 32 heavy (non-hydrogen) atoms. The molecule has 1 saturated heterocycles. The molecule has 2 aliphatic rings. The van der Waals surface area contributed by atoms with Crippen molar-refractivity contribution in [2.45, 2.75) is 49.9 Å². The fourth-order valence-electron chi connectivity index (χ4n) is 4.01. The second-order valence-corrected chi connectivity index (χ2v) is 7.63. The smallest absolute Gasteiger partial charge is 0.278 e. The Morgan fingerprint density at radius 1 is 1.28 bits per heavy atom. The SMILES string of the molecule is CC/C=C\[C@H](OC)[C@H](O)C1=C(C)C(=O)[C@]2(O1)C(=O)N[C@@](OC)(C(=O)c1ccccc1)[C@@H]2O. The van der Waals surface area contributed by atoms with Gasteiger partial charge in [0.2, 0.25) is 17.3 Å². The first-order valence-corrected chi connectivity index (χ1v) is 10.2. The van der Waals surface area contributed by atoms with Gasteiger partial charge in [-0.1, -0.05) is 49.4 Å². The van der Waals surface area contributed by atoms with Crippen LogP contribution in [0.25, 0.3) is 0 Å². The largest absolute Gasteiger partial charge is 0.467 e. The van der Waals surface area contributed by atoms with Crippen molar-refractivity contribution in [3.8, 4) is 0 Å². The molecule has 0 aliphatic carbocycles. The lowest BCUT2D eigenvalue weighted by Crippen LogP contribution is -2.60. The summed E-state index contributed by atoms with van der Waals surface area (Å²) in [7, 11) is 2.51. The highest BCUT2D eigenvalue weighted by Crippen LogP contribution is 2.44. The zero-order valence-electron chi connectivity index (χ0n) is 18.3. The summed E-state index contributed by atoms with van der Waals surface area (Å²) in [5.74, 6) is -2.87. The van der Waals surface area contributed by atoms with E-state index in [0.29, 0.717) is 6.42 Å². The van der Waals surface area contributed by atoms with Gasteiger partial charge in [0, 0.05) is 25.4 Å². The fourth-order valence-corrected chi connectivity index (χ4v) is 4.01. The number of aliphatic hydroxyl groups is 2. The number of ketones is 2. The van der Waals surface area contributed by atoms with Gasteiger partial charge in [0.05, 0.1) is 0 Å². The summed E-state index contributed by atoms with van der Waals surface area (Å²) in [4.78, 5) is 39.5. The van der Waals surface area contributed by atoms with Crippen molar-refractivity contribution in [1.29, 1.82) is 0 Å². The van der Waals surface area contributed by atoms with Crippen LogP contribution < -0.4 is 5.32 Å². The average molecular weight is 445 g/mol. The maximum Gasteiger partial charge on any atom is 0.278 e. The van der Waals surface area contributed by atoms with Crippen LogP contribution in [0.2, 0.25) is 0 Å². The minimum absolute atomic E-state index is 0.0577. The predicted octanol–water partition coefficient (Wildman–Crippen LogP) is 0.657. The number of nitrogens with one attached hydrogen (secondary N) is 1. The van der Waals surface area contributed by atoms with Gasteiger partial charge in [0.1, 0.15) is 18.0 Å². The number of carbonyl (C=O) groups is 3. The summed E-state index contributed by atoms with van der Waals surface area (Å²) in [5, 5.41) is 24.3. The molecule has 3 N–H and O–H groups in total. The molecule has 0 unspecified atom stereocenters. The molecule has 5 atom stereocenters. The first-order valence-electron chi connectivity index (χ1n) is 10.2. The van der Waals surface area contributed by atoms with Gasteiger partial charge in [-0.2, -0.15) is 0 Å². The number of hydrogen-bond donors (Lipinski definition) is 3. The average Bonchev–Trinajstić information content (AvgIpc) is 3.21. The monoisotopic (exact) mass is 445 g/mol. The van der Waals surface area contributed by atoms with Crippen molar-refractivity contribution in [2.24, 2.45) is 0 Å². The Morgan fingerprint density at radius 3 is 2.50 bits per heavy atom. The summed E-state index contributed by atoms with van der Waals surface area (Å²) in [6.07, 6.45) is -0.248. The Hall–Kier alpha value is -2.85. The Morgan fingerprint density at radius 2 is 1.94 bits per heavy atom. The number of methoxy groups -OCH3 is 2. The Balaban J connectivity index is 2.00. The van der Waals surface area contributed by atoms with E-state index in [9.17, 15) is 24.6 Å². The first kappa shape index (κ1) is 23.8. The van der Waals surface area contributed by atoms with Gasteiger partial charge in [-0.15, -0.1) is 0 Å². The molecular formula is C23H27NO8. The lowest BCUT2D eigenvalue weighted by atomic mass is 9.85. The van der Waals surface area contributed by atoms with E-state index in [4.69, 9.17) is 14.2 Å². The summed E-state index contributed by atoms with van der Waals surface area (Å²) in [6.45, 7) is 3.27. The molecule has 0 saturated carbocycles. The lowest BCUT2D eigenvalue weighted by molar-refractivity contribution is -0.163. The number of aliphatic hydroxyl groups excluding tert-OH is 2. The third-order valence-corrected chi connectivity index (χ3v) is 5.83. The molecule has 1 spiro atoms. The Bertz CT molecular complexity index is 971. The van der Waals surface area contributed by atoms with Gasteiger partial charge in [-0.25, -0.2) is 0 Å². The molecule has 1 amide bonds. The number of Topliss-reactive ketones (excluding diaryl/α,β-unsaturated/α-hetero) is 2. The molecule has 1 aromatic carbocycles. The maximum atomic E-state index is 13.2. The highest BCUT2D eigenvalue weighted by molar-refractivity contribution is 6.23. The van der Waals surface area contributed by atoms with Gasteiger partial charge in [0.15, 0.2) is 6.10 Å². The van der Waals surface area contributed by atoms with Crippen LogP contribution in [0.1, 0.15) is 30.6 Å². The van der Waals surface area contributed by atoms with Crippen molar-refractivity contribution < 1.29 is 38.8 Å². The van der Waals surface area contributed by atoms with E-state index < -0.39 is 47.1 Å². The number of ether oxygens (including phenoxy) is 3.